The molecule has 2 heterocycles. The number of likely N-dealkylation sites (N-methyl/N-ethyl adjacent to an activating group) is 1. The maximum Gasteiger partial charge on any atom is 0.242 e. The van der Waals surface area contributed by atoms with Crippen molar-refractivity contribution in [3.63, 3.8) is 0 Å². The molecule has 0 spiro atoms. The second-order valence-electron chi connectivity index (χ2n) is 9.11. The minimum Gasteiger partial charge on any atom is -0.311 e. The third-order valence-corrected chi connectivity index (χ3v) is 7.51. The highest BCUT2D eigenvalue weighted by Gasteiger charge is 2.51. The van der Waals surface area contributed by atoms with Gasteiger partial charge in [0.1, 0.15) is 5.41 Å². The number of nitrogens with zero attached hydrogens (tertiary/aromatic N) is 2. The van der Waals surface area contributed by atoms with Crippen LogP contribution in [-0.4, -0.2) is 37.0 Å². The topological polar surface area (TPSA) is 23.6 Å². The second-order valence-corrected chi connectivity index (χ2v) is 9.11. The molecule has 1 fully saturated rings. The number of rotatable bonds is 6. The van der Waals surface area contributed by atoms with Crippen molar-refractivity contribution in [2.45, 2.75) is 37.5 Å². The Bertz CT molecular complexity index is 1060. The Balaban J connectivity index is 1.39. The standard InChI is InChI=1S/C29H32N2O/c1-2-31-27-16-10-9-15-26(27)29(28(31)32,25-13-7-4-8-14-25)19-22-30-20-17-24(18-21-30)23-11-5-3-6-12-23/h3-16,24H,2,17-22H2,1H3. The molecular weight excluding hydrogens is 392 g/mol. The number of hydrogen-bond acceptors (Lipinski definition) is 2. The summed E-state index contributed by atoms with van der Waals surface area (Å²) in [5.74, 6) is 0.881. The average Bonchev–Trinajstić information content (AvgIpc) is 3.12. The summed E-state index contributed by atoms with van der Waals surface area (Å²) in [5.41, 5.74) is 4.23. The highest BCUT2D eigenvalue weighted by atomic mass is 16.2. The maximum atomic E-state index is 13.9. The van der Waals surface area contributed by atoms with Crippen LogP contribution >= 0.6 is 0 Å². The minimum absolute atomic E-state index is 0.228. The SMILES string of the molecule is CCN1C(=O)C(CCN2CCC(c3ccccc3)CC2)(c2ccccc2)c2ccccc21. The van der Waals surface area contributed by atoms with Crippen LogP contribution in [0.1, 0.15) is 48.8 Å². The predicted octanol–water partition coefficient (Wildman–Crippen LogP) is 5.61. The first-order valence-corrected chi connectivity index (χ1v) is 12.0. The molecule has 1 unspecified atom stereocenters. The highest BCUT2D eigenvalue weighted by molar-refractivity contribution is 6.10. The van der Waals surface area contributed by atoms with Gasteiger partial charge in [0.25, 0.3) is 0 Å². The zero-order chi connectivity index (χ0) is 22.0. The van der Waals surface area contributed by atoms with Crippen molar-refractivity contribution in [2.75, 3.05) is 31.1 Å². The number of piperidine rings is 1. The zero-order valence-electron chi connectivity index (χ0n) is 18.9. The first kappa shape index (κ1) is 21.0. The summed E-state index contributed by atoms with van der Waals surface area (Å²) in [5, 5.41) is 0. The van der Waals surface area contributed by atoms with E-state index in [9.17, 15) is 4.79 Å². The molecule has 1 saturated heterocycles. The van der Waals surface area contributed by atoms with Gasteiger partial charge >= 0.3 is 0 Å². The van der Waals surface area contributed by atoms with Gasteiger partial charge in [0.05, 0.1) is 0 Å². The summed E-state index contributed by atoms with van der Waals surface area (Å²) in [6.07, 6.45) is 3.20. The van der Waals surface area contributed by atoms with Crippen LogP contribution in [0.5, 0.6) is 0 Å². The quantitative estimate of drug-likeness (QED) is 0.514. The second kappa shape index (κ2) is 8.91. The molecule has 3 nitrogen and oxygen atoms in total. The van der Waals surface area contributed by atoms with E-state index >= 15 is 0 Å². The zero-order valence-corrected chi connectivity index (χ0v) is 18.9. The number of benzene rings is 3. The van der Waals surface area contributed by atoms with E-state index in [1.54, 1.807) is 0 Å². The average molecular weight is 425 g/mol. The van der Waals surface area contributed by atoms with Crippen molar-refractivity contribution >= 4 is 11.6 Å². The van der Waals surface area contributed by atoms with Gasteiger partial charge < -0.3 is 9.80 Å². The Morgan fingerprint density at radius 3 is 2.16 bits per heavy atom. The number of para-hydroxylation sites is 1. The van der Waals surface area contributed by atoms with Gasteiger partial charge in [-0.05, 0) is 74.5 Å². The van der Waals surface area contributed by atoms with Crippen LogP contribution in [0.4, 0.5) is 5.69 Å². The summed E-state index contributed by atoms with van der Waals surface area (Å²) in [6.45, 7) is 5.90. The lowest BCUT2D eigenvalue weighted by molar-refractivity contribution is -0.122. The van der Waals surface area contributed by atoms with E-state index in [0.717, 1.165) is 42.9 Å². The Kier molecular flexibility index (Phi) is 5.84. The molecule has 0 aromatic heterocycles. The van der Waals surface area contributed by atoms with Gasteiger partial charge in [0.2, 0.25) is 5.91 Å². The van der Waals surface area contributed by atoms with Gasteiger partial charge in [-0.3, -0.25) is 4.79 Å². The molecule has 0 radical (unpaired) electrons. The molecule has 2 aliphatic rings. The lowest BCUT2D eigenvalue weighted by Crippen LogP contribution is -2.44. The molecule has 2 aliphatic heterocycles. The van der Waals surface area contributed by atoms with Crippen LogP contribution in [0.15, 0.2) is 84.9 Å². The number of fused-ring (bicyclic) bond motifs is 1. The lowest BCUT2D eigenvalue weighted by atomic mass is 9.72. The van der Waals surface area contributed by atoms with Crippen molar-refractivity contribution < 1.29 is 4.79 Å². The Morgan fingerprint density at radius 2 is 1.47 bits per heavy atom. The van der Waals surface area contributed by atoms with Crippen molar-refractivity contribution in [3.8, 4) is 0 Å². The van der Waals surface area contributed by atoms with Gasteiger partial charge in [0.15, 0.2) is 0 Å². The maximum absolute atomic E-state index is 13.9. The van der Waals surface area contributed by atoms with E-state index in [-0.39, 0.29) is 5.91 Å². The fraction of sp³-hybridized carbons (Fsp3) is 0.345. The van der Waals surface area contributed by atoms with Crippen LogP contribution in [0, 0.1) is 0 Å². The third-order valence-electron chi connectivity index (χ3n) is 7.51. The van der Waals surface area contributed by atoms with E-state index in [4.69, 9.17) is 0 Å². The van der Waals surface area contributed by atoms with E-state index in [2.05, 4.69) is 84.6 Å². The molecule has 5 rings (SSSR count). The summed E-state index contributed by atoms with van der Waals surface area (Å²) in [6, 6.07) is 29.7. The normalized spacial score (nSPS) is 21.7. The van der Waals surface area contributed by atoms with Crippen molar-refractivity contribution in [2.24, 2.45) is 0 Å². The molecule has 32 heavy (non-hydrogen) atoms. The van der Waals surface area contributed by atoms with Crippen LogP contribution in [-0.2, 0) is 10.2 Å². The minimum atomic E-state index is -0.593. The van der Waals surface area contributed by atoms with Crippen LogP contribution in [0.25, 0.3) is 0 Å². The molecule has 0 N–H and O–H groups in total. The number of carbonyl (C=O) groups excluding carboxylic acids is 1. The summed E-state index contributed by atoms with van der Waals surface area (Å²) in [7, 11) is 0. The summed E-state index contributed by atoms with van der Waals surface area (Å²) in [4.78, 5) is 18.5. The molecular formula is C29H32N2O. The fourth-order valence-corrected chi connectivity index (χ4v) is 5.77. The van der Waals surface area contributed by atoms with Crippen LogP contribution < -0.4 is 4.90 Å². The van der Waals surface area contributed by atoms with E-state index < -0.39 is 5.41 Å². The summed E-state index contributed by atoms with van der Waals surface area (Å²) >= 11 is 0. The molecule has 1 amide bonds. The van der Waals surface area contributed by atoms with Crippen LogP contribution in [0.2, 0.25) is 0 Å². The first-order chi connectivity index (χ1) is 15.7. The number of likely N-dealkylation sites (tertiary alicyclic amines) is 1. The third kappa shape index (κ3) is 3.55. The summed E-state index contributed by atoms with van der Waals surface area (Å²) < 4.78 is 0. The number of anilines is 1. The monoisotopic (exact) mass is 424 g/mol. The molecule has 164 valence electrons. The van der Waals surface area contributed by atoms with Crippen molar-refractivity contribution in [1.82, 2.24) is 4.90 Å². The molecule has 3 aromatic carbocycles. The lowest BCUT2D eigenvalue weighted by Gasteiger charge is -2.36. The largest absolute Gasteiger partial charge is 0.311 e. The number of carbonyl (C=O) groups is 1. The van der Waals surface area contributed by atoms with E-state index in [1.165, 1.54) is 18.4 Å². The van der Waals surface area contributed by atoms with Crippen molar-refractivity contribution in [3.05, 3.63) is 102 Å². The van der Waals surface area contributed by atoms with Gasteiger partial charge in [-0.15, -0.1) is 0 Å². The molecule has 0 saturated carbocycles. The van der Waals surface area contributed by atoms with E-state index in [1.807, 2.05) is 17.0 Å². The predicted molar refractivity (Wildman–Crippen MR) is 131 cm³/mol. The highest BCUT2D eigenvalue weighted by Crippen LogP contribution is 2.48. The van der Waals surface area contributed by atoms with Gasteiger partial charge in [-0.2, -0.15) is 0 Å². The molecule has 3 aromatic rings. The van der Waals surface area contributed by atoms with Crippen molar-refractivity contribution in [1.29, 1.82) is 0 Å². The molecule has 1 atom stereocenters. The van der Waals surface area contributed by atoms with E-state index in [0.29, 0.717) is 12.5 Å². The van der Waals surface area contributed by atoms with Crippen LogP contribution in [0.3, 0.4) is 0 Å². The van der Waals surface area contributed by atoms with Gasteiger partial charge in [-0.1, -0.05) is 78.9 Å². The number of hydrogen-bond donors (Lipinski definition) is 0. The first-order valence-electron chi connectivity index (χ1n) is 12.0. The smallest absolute Gasteiger partial charge is 0.242 e. The Morgan fingerprint density at radius 1 is 0.844 bits per heavy atom. The molecule has 3 heteroatoms. The fourth-order valence-electron chi connectivity index (χ4n) is 5.77. The molecule has 0 aliphatic carbocycles. The van der Waals surface area contributed by atoms with Gasteiger partial charge in [-0.25, -0.2) is 0 Å². The Labute approximate surface area is 191 Å². The van der Waals surface area contributed by atoms with Gasteiger partial charge in [0, 0.05) is 12.2 Å². The Hall–Kier alpha value is -2.91. The number of amides is 1. The molecule has 0 bridgehead atoms.